The van der Waals surface area contributed by atoms with Crippen LogP contribution in [0.1, 0.15) is 32.3 Å². The maximum absolute atomic E-state index is 14.0. The molecule has 1 aromatic rings. The molecule has 0 bridgehead atoms. The fourth-order valence-corrected chi connectivity index (χ4v) is 2.66. The van der Waals surface area contributed by atoms with E-state index in [2.05, 4.69) is 6.92 Å². The second kappa shape index (κ2) is 5.22. The molecule has 1 aliphatic heterocycles. The molecule has 1 saturated heterocycles. The van der Waals surface area contributed by atoms with E-state index in [0.717, 1.165) is 12.8 Å². The van der Waals surface area contributed by atoms with Crippen LogP contribution in [-0.2, 0) is 6.54 Å². The van der Waals surface area contributed by atoms with Gasteiger partial charge in [-0.25, -0.2) is 8.78 Å². The Morgan fingerprint density at radius 3 is 2.44 bits per heavy atom. The predicted octanol–water partition coefficient (Wildman–Crippen LogP) is 3.05. The lowest BCUT2D eigenvalue weighted by atomic mass is 9.91. The van der Waals surface area contributed by atoms with Crippen molar-refractivity contribution in [3.05, 3.63) is 29.3 Å². The highest BCUT2D eigenvalue weighted by atomic mass is 19.1. The molecule has 0 aliphatic carbocycles. The zero-order valence-electron chi connectivity index (χ0n) is 10.9. The average molecular weight is 254 g/mol. The molecule has 2 nitrogen and oxygen atoms in total. The number of hydrogen-bond donors (Lipinski definition) is 1. The zero-order chi connectivity index (χ0) is 13.3. The fourth-order valence-electron chi connectivity index (χ4n) is 2.66. The summed E-state index contributed by atoms with van der Waals surface area (Å²) in [5.41, 5.74) is 6.01. The van der Waals surface area contributed by atoms with Gasteiger partial charge in [0.2, 0.25) is 0 Å². The van der Waals surface area contributed by atoms with E-state index >= 15 is 0 Å². The van der Waals surface area contributed by atoms with Gasteiger partial charge in [0.25, 0.3) is 0 Å². The van der Waals surface area contributed by atoms with Crippen molar-refractivity contribution in [2.24, 2.45) is 11.7 Å². The van der Waals surface area contributed by atoms with E-state index in [4.69, 9.17) is 5.73 Å². The molecule has 18 heavy (non-hydrogen) atoms. The van der Waals surface area contributed by atoms with Crippen LogP contribution < -0.4 is 10.6 Å². The molecule has 100 valence electrons. The summed E-state index contributed by atoms with van der Waals surface area (Å²) in [7, 11) is 0. The fraction of sp³-hybridized carbons (Fsp3) is 0.571. The summed E-state index contributed by atoms with van der Waals surface area (Å²) < 4.78 is 28.1. The minimum atomic E-state index is -0.503. The number of benzene rings is 1. The van der Waals surface area contributed by atoms with Crippen LogP contribution in [0.3, 0.4) is 0 Å². The van der Waals surface area contributed by atoms with Crippen molar-refractivity contribution in [2.75, 3.05) is 11.4 Å². The van der Waals surface area contributed by atoms with E-state index in [1.54, 1.807) is 0 Å². The van der Waals surface area contributed by atoms with Gasteiger partial charge in [-0.3, -0.25) is 0 Å². The molecule has 2 unspecified atom stereocenters. The van der Waals surface area contributed by atoms with Gasteiger partial charge in [0, 0.05) is 19.1 Å². The molecule has 2 N–H and O–H groups in total. The van der Waals surface area contributed by atoms with E-state index in [9.17, 15) is 8.78 Å². The summed E-state index contributed by atoms with van der Waals surface area (Å²) in [4.78, 5) is 1.85. The number of nitrogens with zero attached hydrogens (tertiary/aromatic N) is 1. The Bertz CT molecular complexity index is 411. The summed E-state index contributed by atoms with van der Waals surface area (Å²) in [6, 6.07) is 2.83. The van der Waals surface area contributed by atoms with Gasteiger partial charge in [0.05, 0.1) is 0 Å². The number of halogens is 2. The highest BCUT2D eigenvalue weighted by Gasteiger charge is 2.28. The third-order valence-electron chi connectivity index (χ3n) is 3.97. The van der Waals surface area contributed by atoms with Crippen LogP contribution in [0.15, 0.2) is 12.1 Å². The summed E-state index contributed by atoms with van der Waals surface area (Å²) >= 11 is 0. The number of anilines is 1. The van der Waals surface area contributed by atoms with E-state index in [1.807, 2.05) is 11.8 Å². The first-order chi connectivity index (χ1) is 8.54. The summed E-state index contributed by atoms with van der Waals surface area (Å²) in [6.45, 7) is 5.02. The van der Waals surface area contributed by atoms with Gasteiger partial charge in [-0.05, 0) is 43.4 Å². The lowest BCUT2D eigenvalue weighted by Gasteiger charge is -2.39. The SMILES string of the molecule is CC1CCCN(c2c(F)cc(CN)cc2F)C1C. The van der Waals surface area contributed by atoms with E-state index < -0.39 is 11.6 Å². The largest absolute Gasteiger partial charge is 0.364 e. The van der Waals surface area contributed by atoms with Crippen LogP contribution in [0.25, 0.3) is 0 Å². The first-order valence-corrected chi connectivity index (χ1v) is 6.49. The van der Waals surface area contributed by atoms with Crippen molar-refractivity contribution in [2.45, 2.75) is 39.3 Å². The third kappa shape index (κ3) is 2.34. The maximum atomic E-state index is 14.0. The molecule has 1 aliphatic rings. The van der Waals surface area contributed by atoms with Gasteiger partial charge in [0.1, 0.15) is 17.3 Å². The van der Waals surface area contributed by atoms with Crippen molar-refractivity contribution in [3.8, 4) is 0 Å². The standard InChI is InChI=1S/C14H20F2N2/c1-9-4-3-5-18(10(9)2)14-12(15)6-11(8-17)7-13(14)16/h6-7,9-10H,3-5,8,17H2,1-2H3. The van der Waals surface area contributed by atoms with Crippen LogP contribution in [-0.4, -0.2) is 12.6 Å². The monoisotopic (exact) mass is 254 g/mol. The Hall–Kier alpha value is -1.16. The van der Waals surface area contributed by atoms with Crippen molar-refractivity contribution in [1.82, 2.24) is 0 Å². The second-order valence-corrected chi connectivity index (χ2v) is 5.17. The predicted molar refractivity (Wildman–Crippen MR) is 69.5 cm³/mol. The van der Waals surface area contributed by atoms with Gasteiger partial charge in [-0.15, -0.1) is 0 Å². The van der Waals surface area contributed by atoms with Crippen LogP contribution in [0.5, 0.6) is 0 Å². The molecule has 1 aromatic carbocycles. The van der Waals surface area contributed by atoms with Gasteiger partial charge in [-0.2, -0.15) is 0 Å². The molecule has 1 heterocycles. The molecule has 0 aromatic heterocycles. The van der Waals surface area contributed by atoms with E-state index in [-0.39, 0.29) is 18.3 Å². The van der Waals surface area contributed by atoms with Crippen LogP contribution >= 0.6 is 0 Å². The Kier molecular flexibility index (Phi) is 3.85. The average Bonchev–Trinajstić information content (AvgIpc) is 2.33. The topological polar surface area (TPSA) is 29.3 Å². The van der Waals surface area contributed by atoms with Gasteiger partial charge >= 0.3 is 0 Å². The van der Waals surface area contributed by atoms with Crippen molar-refractivity contribution >= 4 is 5.69 Å². The van der Waals surface area contributed by atoms with Crippen LogP contribution in [0.2, 0.25) is 0 Å². The summed E-state index contributed by atoms with van der Waals surface area (Å²) in [5.74, 6) is -0.556. The molecular formula is C14H20F2N2. The number of hydrogen-bond acceptors (Lipinski definition) is 2. The Morgan fingerprint density at radius 2 is 1.89 bits per heavy atom. The van der Waals surface area contributed by atoms with Gasteiger partial charge < -0.3 is 10.6 Å². The molecule has 1 fully saturated rings. The molecule has 0 amide bonds. The maximum Gasteiger partial charge on any atom is 0.149 e. The Balaban J connectivity index is 2.38. The first kappa shape index (κ1) is 13.3. The number of nitrogens with two attached hydrogens (primary N) is 1. The van der Waals surface area contributed by atoms with Crippen molar-refractivity contribution < 1.29 is 8.78 Å². The lowest BCUT2D eigenvalue weighted by Crippen LogP contribution is -2.43. The second-order valence-electron chi connectivity index (χ2n) is 5.17. The first-order valence-electron chi connectivity index (χ1n) is 6.49. The molecule has 4 heteroatoms. The van der Waals surface area contributed by atoms with Crippen LogP contribution in [0, 0.1) is 17.6 Å². The summed E-state index contributed by atoms with van der Waals surface area (Å²) in [5, 5.41) is 0. The molecule has 2 rings (SSSR count). The van der Waals surface area contributed by atoms with Gasteiger partial charge in [-0.1, -0.05) is 6.92 Å². The van der Waals surface area contributed by atoms with Crippen molar-refractivity contribution in [3.63, 3.8) is 0 Å². The molecule has 0 saturated carbocycles. The third-order valence-corrected chi connectivity index (χ3v) is 3.97. The lowest BCUT2D eigenvalue weighted by molar-refractivity contribution is 0.356. The Labute approximate surface area is 107 Å². The molecular weight excluding hydrogens is 234 g/mol. The number of piperidine rings is 1. The van der Waals surface area contributed by atoms with Gasteiger partial charge in [0.15, 0.2) is 0 Å². The quantitative estimate of drug-likeness (QED) is 0.879. The highest BCUT2D eigenvalue weighted by molar-refractivity contribution is 5.52. The summed E-state index contributed by atoms with van der Waals surface area (Å²) in [6.07, 6.45) is 2.09. The molecule has 2 atom stereocenters. The normalized spacial score (nSPS) is 24.4. The smallest absolute Gasteiger partial charge is 0.149 e. The van der Waals surface area contributed by atoms with Crippen molar-refractivity contribution in [1.29, 1.82) is 0 Å². The molecule has 0 radical (unpaired) electrons. The molecule has 0 spiro atoms. The van der Waals surface area contributed by atoms with E-state index in [0.29, 0.717) is 18.0 Å². The number of rotatable bonds is 2. The van der Waals surface area contributed by atoms with Crippen LogP contribution in [0.4, 0.5) is 14.5 Å². The minimum Gasteiger partial charge on any atom is -0.364 e. The Morgan fingerprint density at radius 1 is 1.28 bits per heavy atom. The van der Waals surface area contributed by atoms with E-state index in [1.165, 1.54) is 12.1 Å². The zero-order valence-corrected chi connectivity index (χ0v) is 10.9. The highest BCUT2D eigenvalue weighted by Crippen LogP contribution is 2.32. The minimum absolute atomic E-state index is 0.103.